The van der Waals surface area contributed by atoms with Crippen LogP contribution in [0.4, 0.5) is 10.5 Å². The van der Waals surface area contributed by atoms with E-state index in [-0.39, 0.29) is 0 Å². The number of amides is 4. The van der Waals surface area contributed by atoms with E-state index < -0.39 is 23.4 Å². The van der Waals surface area contributed by atoms with Gasteiger partial charge in [-0.1, -0.05) is 11.6 Å². The van der Waals surface area contributed by atoms with Gasteiger partial charge in [-0.05, 0) is 67.4 Å². The Kier molecular flexibility index (Phi) is 5.80. The number of carbonyl (C=O) groups excluding carboxylic acids is 3. The number of ether oxygens (including phenoxy) is 1. The van der Waals surface area contributed by atoms with Gasteiger partial charge in [0.25, 0.3) is 11.8 Å². The number of hydrogen-bond donors (Lipinski definition) is 2. The molecule has 11 heteroatoms. The Morgan fingerprint density at radius 3 is 2.32 bits per heavy atom. The van der Waals surface area contributed by atoms with E-state index >= 15 is 0 Å². The Hall–Kier alpha value is -4.70. The maximum absolute atomic E-state index is 12.7. The largest absolute Gasteiger partial charge is 0.444 e. The Bertz CT molecular complexity index is 1510. The lowest BCUT2D eigenvalue weighted by molar-refractivity contribution is -0.137. The van der Waals surface area contributed by atoms with Gasteiger partial charge in [-0.15, -0.1) is 0 Å². The van der Waals surface area contributed by atoms with Crippen molar-refractivity contribution in [2.45, 2.75) is 18.4 Å². The van der Waals surface area contributed by atoms with Gasteiger partial charge in [0, 0.05) is 28.8 Å². The number of anilines is 1. The van der Waals surface area contributed by atoms with Crippen LogP contribution in [-0.4, -0.2) is 39.9 Å². The number of imide groups is 2. The van der Waals surface area contributed by atoms with Gasteiger partial charge >= 0.3 is 6.03 Å². The molecular weight excluding hydrogens is 510 g/mol. The molecule has 4 amide bonds. The van der Waals surface area contributed by atoms with Crippen molar-refractivity contribution in [3.63, 3.8) is 0 Å². The molecule has 2 N–H and O–H groups in total. The van der Waals surface area contributed by atoms with E-state index in [4.69, 9.17) is 20.8 Å². The van der Waals surface area contributed by atoms with Crippen LogP contribution in [0.2, 0.25) is 5.02 Å². The molecule has 6 rings (SSSR count). The highest BCUT2D eigenvalue weighted by Crippen LogP contribution is 2.36. The number of hydrogen-bond acceptors (Lipinski definition) is 8. The third-order valence-corrected chi connectivity index (χ3v) is 6.84. The number of nitrogens with zero attached hydrogens (tertiary/aromatic N) is 3. The predicted molar refractivity (Wildman–Crippen MR) is 138 cm³/mol. The van der Waals surface area contributed by atoms with Crippen LogP contribution >= 0.6 is 11.6 Å². The molecule has 0 bridgehead atoms. The highest BCUT2D eigenvalue weighted by molar-refractivity contribution is 6.30. The highest BCUT2D eigenvalue weighted by atomic mass is 35.5. The monoisotopic (exact) mass is 529 g/mol. The fourth-order valence-corrected chi connectivity index (χ4v) is 4.85. The molecule has 2 aromatic carbocycles. The Balaban J connectivity index is 1.15. The molecule has 190 valence electrons. The van der Waals surface area contributed by atoms with Crippen molar-refractivity contribution in [2.24, 2.45) is 0 Å². The normalized spacial score (nSPS) is 16.4. The van der Waals surface area contributed by atoms with Gasteiger partial charge in [-0.25, -0.2) is 14.8 Å². The second-order valence-corrected chi connectivity index (χ2v) is 9.32. The number of nitrogens with one attached hydrogen (secondary N) is 2. The topological polar surface area (TPSA) is 127 Å². The maximum Gasteiger partial charge on any atom is 0.328 e. The van der Waals surface area contributed by atoms with Crippen molar-refractivity contribution in [1.29, 1.82) is 0 Å². The average molecular weight is 530 g/mol. The molecule has 4 aromatic rings. The number of pyridine rings is 1. The number of oxazole rings is 1. The summed E-state index contributed by atoms with van der Waals surface area (Å²) in [5, 5.41) is 5.05. The smallest absolute Gasteiger partial charge is 0.328 e. The summed E-state index contributed by atoms with van der Waals surface area (Å²) in [6.45, 7) is 0.472. The summed E-state index contributed by atoms with van der Waals surface area (Å²) in [7, 11) is 0. The van der Waals surface area contributed by atoms with Crippen LogP contribution in [0.5, 0.6) is 11.6 Å². The van der Waals surface area contributed by atoms with Gasteiger partial charge in [0.1, 0.15) is 17.7 Å². The minimum Gasteiger partial charge on any atom is -0.444 e. The molecule has 0 unspecified atom stereocenters. The van der Waals surface area contributed by atoms with Crippen LogP contribution in [0.15, 0.2) is 77.5 Å². The molecule has 0 radical (unpaired) electrons. The first kappa shape index (κ1) is 23.7. The van der Waals surface area contributed by atoms with Crippen molar-refractivity contribution >= 4 is 35.1 Å². The summed E-state index contributed by atoms with van der Waals surface area (Å²) in [5.74, 6) is 0.149. The SMILES string of the molecule is O=C1NC(=O)C2(CCCN2c2ccc(Oc3ccc(-c4coc(-c5ccc(Cl)cc5)n4)cc3)nc2)C(=O)N1. The standard InChI is InChI=1S/C27H20ClN5O5/c28-18-6-2-17(3-7-18)23-30-21(15-37-23)16-4-9-20(10-5-16)38-22-11-8-19(14-29-22)33-13-1-12-27(33)24(34)31-26(36)32-25(27)35/h2-11,14-15H,1,12-13H2,(H2,31,32,34,35,36). The molecule has 2 aliphatic rings. The average Bonchev–Trinajstić information content (AvgIpc) is 3.58. The molecule has 0 saturated carbocycles. The zero-order valence-electron chi connectivity index (χ0n) is 19.8. The Morgan fingerprint density at radius 1 is 0.921 bits per heavy atom. The first-order chi connectivity index (χ1) is 18.4. The van der Waals surface area contributed by atoms with E-state index in [1.165, 1.54) is 0 Å². The van der Waals surface area contributed by atoms with Crippen LogP contribution in [0.3, 0.4) is 0 Å². The molecule has 0 atom stereocenters. The van der Waals surface area contributed by atoms with Crippen molar-refractivity contribution in [1.82, 2.24) is 20.6 Å². The fourth-order valence-electron chi connectivity index (χ4n) is 4.73. The zero-order chi connectivity index (χ0) is 26.3. The first-order valence-electron chi connectivity index (χ1n) is 11.8. The number of barbiturate groups is 1. The summed E-state index contributed by atoms with van der Waals surface area (Å²) in [4.78, 5) is 47.4. The Labute approximate surface area is 221 Å². The summed E-state index contributed by atoms with van der Waals surface area (Å²) >= 11 is 5.95. The summed E-state index contributed by atoms with van der Waals surface area (Å²) in [6.07, 6.45) is 4.05. The molecule has 1 spiro atoms. The second-order valence-electron chi connectivity index (χ2n) is 8.88. The number of aromatic nitrogens is 2. The number of benzene rings is 2. The second kappa shape index (κ2) is 9.31. The third kappa shape index (κ3) is 4.14. The van der Waals surface area contributed by atoms with Crippen LogP contribution < -0.4 is 20.3 Å². The number of rotatable bonds is 5. The van der Waals surface area contributed by atoms with Crippen molar-refractivity contribution in [3.05, 3.63) is 78.1 Å². The number of urea groups is 1. The Morgan fingerprint density at radius 2 is 1.63 bits per heavy atom. The quantitative estimate of drug-likeness (QED) is 0.360. The van der Waals surface area contributed by atoms with Crippen LogP contribution in [-0.2, 0) is 9.59 Å². The van der Waals surface area contributed by atoms with Gasteiger partial charge < -0.3 is 14.1 Å². The summed E-state index contributed by atoms with van der Waals surface area (Å²) < 4.78 is 11.5. The lowest BCUT2D eigenvalue weighted by Gasteiger charge is -2.38. The van der Waals surface area contributed by atoms with E-state index in [2.05, 4.69) is 20.6 Å². The fraction of sp³-hybridized carbons (Fsp3) is 0.148. The molecule has 2 aliphatic heterocycles. The van der Waals surface area contributed by atoms with Crippen LogP contribution in [0.1, 0.15) is 12.8 Å². The van der Waals surface area contributed by atoms with Crippen molar-refractivity contribution in [2.75, 3.05) is 11.4 Å². The maximum atomic E-state index is 12.7. The van der Waals surface area contributed by atoms with E-state index in [1.54, 1.807) is 53.8 Å². The van der Waals surface area contributed by atoms with E-state index in [0.29, 0.717) is 53.3 Å². The van der Waals surface area contributed by atoms with Gasteiger partial charge in [0.05, 0.1) is 11.9 Å². The number of carbonyl (C=O) groups is 3. The molecule has 10 nitrogen and oxygen atoms in total. The molecule has 38 heavy (non-hydrogen) atoms. The molecular formula is C27H20ClN5O5. The molecule has 0 aliphatic carbocycles. The minimum atomic E-state index is -1.47. The van der Waals surface area contributed by atoms with Crippen molar-refractivity contribution in [3.8, 4) is 34.3 Å². The number of halogens is 1. The minimum absolute atomic E-state index is 0.301. The summed E-state index contributed by atoms with van der Waals surface area (Å²) in [6, 6.07) is 17.2. The zero-order valence-corrected chi connectivity index (χ0v) is 20.6. The lowest BCUT2D eigenvalue weighted by Crippen LogP contribution is -2.71. The van der Waals surface area contributed by atoms with Crippen LogP contribution in [0, 0.1) is 0 Å². The lowest BCUT2D eigenvalue weighted by atomic mass is 9.92. The van der Waals surface area contributed by atoms with Gasteiger partial charge in [-0.2, -0.15) is 0 Å². The van der Waals surface area contributed by atoms with Crippen molar-refractivity contribution < 1.29 is 23.5 Å². The molecule has 2 fully saturated rings. The van der Waals surface area contributed by atoms with E-state index in [0.717, 1.165) is 11.1 Å². The van der Waals surface area contributed by atoms with Gasteiger partial charge in [0.15, 0.2) is 5.54 Å². The van der Waals surface area contributed by atoms with Gasteiger partial charge in [0.2, 0.25) is 11.8 Å². The molecule has 4 heterocycles. The van der Waals surface area contributed by atoms with Gasteiger partial charge in [-0.3, -0.25) is 20.2 Å². The molecule has 2 saturated heterocycles. The summed E-state index contributed by atoms with van der Waals surface area (Å²) in [5.41, 5.74) is 1.47. The van der Waals surface area contributed by atoms with Crippen LogP contribution in [0.25, 0.3) is 22.7 Å². The predicted octanol–water partition coefficient (Wildman–Crippen LogP) is 4.55. The highest BCUT2D eigenvalue weighted by Gasteiger charge is 2.57. The van der Waals surface area contributed by atoms with E-state index in [1.807, 2.05) is 24.3 Å². The molecule has 2 aromatic heterocycles. The third-order valence-electron chi connectivity index (χ3n) is 6.59. The van der Waals surface area contributed by atoms with E-state index in [9.17, 15) is 14.4 Å². The first-order valence-corrected chi connectivity index (χ1v) is 12.2.